The highest BCUT2D eigenvalue weighted by Crippen LogP contribution is 2.28. The molecule has 1 atom stereocenters. The molecule has 0 spiro atoms. The van der Waals surface area contributed by atoms with Gasteiger partial charge in [-0.2, -0.15) is 0 Å². The van der Waals surface area contributed by atoms with Gasteiger partial charge in [0.2, 0.25) is 0 Å². The molecule has 0 aliphatic rings. The van der Waals surface area contributed by atoms with Gasteiger partial charge in [-0.25, -0.2) is 0 Å². The molecule has 2 nitrogen and oxygen atoms in total. The monoisotopic (exact) mass is 282 g/mol. The summed E-state index contributed by atoms with van der Waals surface area (Å²) >= 11 is 6.13. The minimum absolute atomic E-state index is 0.208. The summed E-state index contributed by atoms with van der Waals surface area (Å²) in [7, 11) is 0. The molecule has 2 N–H and O–H groups in total. The van der Waals surface area contributed by atoms with Gasteiger partial charge < -0.3 is 5.73 Å². The van der Waals surface area contributed by atoms with Crippen LogP contribution in [0.4, 0.5) is 0 Å². The summed E-state index contributed by atoms with van der Waals surface area (Å²) in [6.07, 6.45) is 1.79. The van der Waals surface area contributed by atoms with Gasteiger partial charge in [0.1, 0.15) is 0 Å². The molecule has 1 heterocycles. The van der Waals surface area contributed by atoms with Crippen LogP contribution in [0.15, 0.2) is 54.7 Å². The van der Waals surface area contributed by atoms with Gasteiger partial charge in [-0.05, 0) is 47.9 Å². The van der Waals surface area contributed by atoms with Crippen LogP contribution in [0, 0.1) is 6.92 Å². The highest BCUT2D eigenvalue weighted by molar-refractivity contribution is 6.30. The molecule has 0 saturated heterocycles. The fourth-order valence-electron chi connectivity index (χ4n) is 2.52. The van der Waals surface area contributed by atoms with Crippen molar-refractivity contribution in [3.8, 4) is 0 Å². The molecule has 0 fully saturated rings. The summed E-state index contributed by atoms with van der Waals surface area (Å²) in [6.45, 7) is 2.02. The maximum Gasteiger partial charge on any atom is 0.0705 e. The Morgan fingerprint density at radius 3 is 2.75 bits per heavy atom. The average molecular weight is 283 g/mol. The molecular formula is C17H15ClN2. The molecule has 3 aromatic rings. The third-order valence-electron chi connectivity index (χ3n) is 3.44. The fraction of sp³-hybridized carbons (Fsp3) is 0.118. The van der Waals surface area contributed by atoms with E-state index in [0.29, 0.717) is 5.02 Å². The molecule has 0 bridgehead atoms. The zero-order valence-corrected chi connectivity index (χ0v) is 11.9. The molecule has 0 aliphatic heterocycles. The summed E-state index contributed by atoms with van der Waals surface area (Å²) in [5, 5.41) is 1.80. The van der Waals surface area contributed by atoms with Gasteiger partial charge in [0.25, 0.3) is 0 Å². The second-order valence-corrected chi connectivity index (χ2v) is 5.39. The summed E-state index contributed by atoms with van der Waals surface area (Å²) in [5.41, 5.74) is 10.6. The summed E-state index contributed by atoms with van der Waals surface area (Å²) in [4.78, 5) is 4.37. The maximum atomic E-state index is 6.43. The lowest BCUT2D eigenvalue weighted by atomic mass is 9.95. The Morgan fingerprint density at radius 2 is 1.95 bits per heavy atom. The number of fused-ring (bicyclic) bond motifs is 1. The highest BCUT2D eigenvalue weighted by atomic mass is 35.5. The van der Waals surface area contributed by atoms with E-state index in [-0.39, 0.29) is 6.04 Å². The predicted octanol–water partition coefficient (Wildman–Crippen LogP) is 4.24. The van der Waals surface area contributed by atoms with E-state index in [2.05, 4.69) is 17.1 Å². The number of aromatic nitrogens is 1. The zero-order valence-electron chi connectivity index (χ0n) is 11.2. The summed E-state index contributed by atoms with van der Waals surface area (Å²) in [5.74, 6) is 0. The Kier molecular flexibility index (Phi) is 3.43. The van der Waals surface area contributed by atoms with Gasteiger partial charge >= 0.3 is 0 Å². The molecular weight excluding hydrogens is 268 g/mol. The first-order valence-electron chi connectivity index (χ1n) is 6.51. The number of hydrogen-bond acceptors (Lipinski definition) is 2. The van der Waals surface area contributed by atoms with Crippen molar-refractivity contribution in [2.45, 2.75) is 13.0 Å². The average Bonchev–Trinajstić information content (AvgIpc) is 2.45. The van der Waals surface area contributed by atoms with E-state index in [4.69, 9.17) is 17.3 Å². The van der Waals surface area contributed by atoms with Gasteiger partial charge in [-0.15, -0.1) is 0 Å². The molecule has 0 amide bonds. The SMILES string of the molecule is Cc1cc(Cl)cc(C(N)c2cccc3ncccc23)c1. The number of halogens is 1. The number of aryl methyl sites for hydroxylation is 1. The number of pyridine rings is 1. The van der Waals surface area contributed by atoms with E-state index >= 15 is 0 Å². The van der Waals surface area contributed by atoms with E-state index in [9.17, 15) is 0 Å². The van der Waals surface area contributed by atoms with E-state index in [1.54, 1.807) is 6.20 Å². The minimum Gasteiger partial charge on any atom is -0.320 e. The largest absolute Gasteiger partial charge is 0.320 e. The van der Waals surface area contributed by atoms with E-state index in [0.717, 1.165) is 27.6 Å². The first-order chi connectivity index (χ1) is 9.65. The Labute approximate surface area is 123 Å². The summed E-state index contributed by atoms with van der Waals surface area (Å²) < 4.78 is 0. The van der Waals surface area contributed by atoms with Crippen molar-refractivity contribution in [1.82, 2.24) is 4.98 Å². The standard InChI is InChI=1S/C17H15ClN2/c1-11-8-12(10-13(18)9-11)17(19)15-4-2-6-16-14(15)5-3-7-20-16/h2-10,17H,19H2,1H3. The lowest BCUT2D eigenvalue weighted by molar-refractivity contribution is 0.878. The van der Waals surface area contributed by atoms with Crippen molar-refractivity contribution in [2.75, 3.05) is 0 Å². The molecule has 1 unspecified atom stereocenters. The van der Waals surface area contributed by atoms with Crippen LogP contribution in [-0.2, 0) is 0 Å². The van der Waals surface area contributed by atoms with Gasteiger partial charge in [-0.1, -0.05) is 35.9 Å². The van der Waals surface area contributed by atoms with Crippen molar-refractivity contribution in [1.29, 1.82) is 0 Å². The minimum atomic E-state index is -0.208. The number of rotatable bonds is 2. The topological polar surface area (TPSA) is 38.9 Å². The number of nitrogens with zero attached hydrogens (tertiary/aromatic N) is 1. The van der Waals surface area contributed by atoms with Crippen LogP contribution in [0.5, 0.6) is 0 Å². The Morgan fingerprint density at radius 1 is 1.10 bits per heavy atom. The van der Waals surface area contributed by atoms with Crippen LogP contribution in [0.25, 0.3) is 10.9 Å². The normalized spacial score (nSPS) is 12.6. The quantitative estimate of drug-likeness (QED) is 0.763. The van der Waals surface area contributed by atoms with Crippen molar-refractivity contribution in [3.05, 3.63) is 76.4 Å². The van der Waals surface area contributed by atoms with Gasteiger partial charge in [-0.3, -0.25) is 4.98 Å². The smallest absolute Gasteiger partial charge is 0.0705 e. The van der Waals surface area contributed by atoms with Gasteiger partial charge in [0.05, 0.1) is 11.6 Å². The molecule has 2 aromatic carbocycles. The first kappa shape index (κ1) is 13.1. The van der Waals surface area contributed by atoms with E-state index in [1.807, 2.05) is 43.3 Å². The van der Waals surface area contributed by atoms with Crippen molar-refractivity contribution in [3.63, 3.8) is 0 Å². The van der Waals surface area contributed by atoms with E-state index in [1.165, 1.54) is 0 Å². The zero-order chi connectivity index (χ0) is 14.1. The van der Waals surface area contributed by atoms with Gasteiger partial charge in [0.15, 0.2) is 0 Å². The number of hydrogen-bond donors (Lipinski definition) is 1. The van der Waals surface area contributed by atoms with Crippen LogP contribution < -0.4 is 5.73 Å². The van der Waals surface area contributed by atoms with Crippen molar-refractivity contribution < 1.29 is 0 Å². The number of benzene rings is 2. The molecule has 0 saturated carbocycles. The molecule has 100 valence electrons. The van der Waals surface area contributed by atoms with E-state index < -0.39 is 0 Å². The van der Waals surface area contributed by atoms with Crippen LogP contribution in [0.1, 0.15) is 22.7 Å². The van der Waals surface area contributed by atoms with Crippen LogP contribution in [-0.4, -0.2) is 4.98 Å². The molecule has 0 radical (unpaired) electrons. The highest BCUT2D eigenvalue weighted by Gasteiger charge is 2.13. The third kappa shape index (κ3) is 2.40. The second kappa shape index (κ2) is 5.23. The summed E-state index contributed by atoms with van der Waals surface area (Å²) in [6, 6.07) is 15.7. The Bertz CT molecular complexity index is 742. The second-order valence-electron chi connectivity index (χ2n) is 4.96. The number of nitrogens with two attached hydrogens (primary N) is 1. The molecule has 3 rings (SSSR count). The lowest BCUT2D eigenvalue weighted by Crippen LogP contribution is -2.12. The molecule has 1 aromatic heterocycles. The molecule has 3 heteroatoms. The fourth-order valence-corrected chi connectivity index (χ4v) is 2.82. The van der Waals surface area contributed by atoms with Crippen LogP contribution >= 0.6 is 11.6 Å². The molecule has 0 aliphatic carbocycles. The maximum absolute atomic E-state index is 6.43. The lowest BCUT2D eigenvalue weighted by Gasteiger charge is -2.16. The Balaban J connectivity index is 2.15. The third-order valence-corrected chi connectivity index (χ3v) is 3.66. The Hall–Kier alpha value is -1.90. The van der Waals surface area contributed by atoms with Crippen LogP contribution in [0.3, 0.4) is 0 Å². The van der Waals surface area contributed by atoms with Crippen molar-refractivity contribution >= 4 is 22.5 Å². The van der Waals surface area contributed by atoms with Crippen LogP contribution in [0.2, 0.25) is 5.02 Å². The van der Waals surface area contributed by atoms with Crippen molar-refractivity contribution in [2.24, 2.45) is 5.73 Å². The molecule has 20 heavy (non-hydrogen) atoms. The predicted molar refractivity (Wildman–Crippen MR) is 84.0 cm³/mol. The first-order valence-corrected chi connectivity index (χ1v) is 6.89. The van der Waals surface area contributed by atoms with Gasteiger partial charge in [0, 0.05) is 16.6 Å².